The summed E-state index contributed by atoms with van der Waals surface area (Å²) in [6.07, 6.45) is 0.570. The largest absolute Gasteiger partial charge is 0.481 e. The van der Waals surface area contributed by atoms with E-state index in [0.717, 1.165) is 12.0 Å². The highest BCUT2D eigenvalue weighted by Gasteiger charge is 2.29. The first-order valence-corrected chi connectivity index (χ1v) is 10.8. The van der Waals surface area contributed by atoms with E-state index >= 15 is 0 Å². The lowest BCUT2D eigenvalue weighted by molar-refractivity contribution is -0.124. The molecule has 1 aromatic heterocycles. The Morgan fingerprint density at radius 1 is 1.29 bits per heavy atom. The summed E-state index contributed by atoms with van der Waals surface area (Å²) in [5.41, 5.74) is 5.71. The zero-order valence-corrected chi connectivity index (χ0v) is 19.5. The fraction of sp³-hybridized carbons (Fsp3) is 0.500. The third-order valence-electron chi connectivity index (χ3n) is 4.82. The number of amides is 1. The molecule has 9 heteroatoms. The average Bonchev–Trinajstić information content (AvgIpc) is 2.69. The normalized spacial score (nSPS) is 12.1. The van der Waals surface area contributed by atoms with Gasteiger partial charge in [-0.2, -0.15) is 0 Å². The van der Waals surface area contributed by atoms with Gasteiger partial charge in [-0.3, -0.25) is 19.1 Å². The van der Waals surface area contributed by atoms with Gasteiger partial charge >= 0.3 is 5.69 Å². The Labute approximate surface area is 187 Å². The number of unbranched alkanes of at least 4 members (excludes halogenated alkanes) is 1. The predicted octanol–water partition coefficient (Wildman–Crippen LogP) is 3.34. The van der Waals surface area contributed by atoms with Crippen LogP contribution in [0.4, 0.5) is 11.5 Å². The van der Waals surface area contributed by atoms with E-state index in [1.165, 1.54) is 9.47 Å². The zero-order valence-electron chi connectivity index (χ0n) is 18.7. The van der Waals surface area contributed by atoms with E-state index < -0.39 is 23.3 Å². The maximum atomic E-state index is 13.3. The lowest BCUT2D eigenvalue weighted by Gasteiger charge is -2.27. The van der Waals surface area contributed by atoms with Gasteiger partial charge in [0.2, 0.25) is 0 Å². The van der Waals surface area contributed by atoms with Gasteiger partial charge in [0.05, 0.1) is 0 Å². The summed E-state index contributed by atoms with van der Waals surface area (Å²) in [5, 5.41) is 0.570. The number of carbonyl (C=O) groups is 1. The van der Waals surface area contributed by atoms with Gasteiger partial charge in [-0.1, -0.05) is 38.8 Å². The zero-order chi connectivity index (χ0) is 23.3. The maximum absolute atomic E-state index is 13.3. The third kappa shape index (κ3) is 5.91. The molecule has 31 heavy (non-hydrogen) atoms. The number of hydrogen-bond acceptors (Lipinski definition) is 5. The van der Waals surface area contributed by atoms with E-state index in [0.29, 0.717) is 23.7 Å². The van der Waals surface area contributed by atoms with Crippen molar-refractivity contribution in [3.63, 3.8) is 0 Å². The van der Waals surface area contributed by atoms with Crippen molar-refractivity contribution in [2.75, 3.05) is 17.2 Å². The van der Waals surface area contributed by atoms with Crippen molar-refractivity contribution in [2.24, 2.45) is 5.92 Å². The van der Waals surface area contributed by atoms with Gasteiger partial charge in [0.1, 0.15) is 11.6 Å². The number of halogens is 1. The molecule has 0 saturated carbocycles. The van der Waals surface area contributed by atoms with Crippen LogP contribution in [0.15, 0.2) is 27.8 Å². The molecule has 0 spiro atoms. The number of nitrogens with one attached hydrogen (secondary N) is 1. The van der Waals surface area contributed by atoms with Crippen molar-refractivity contribution in [2.45, 2.75) is 60.1 Å². The number of aromatic nitrogens is 2. The topological polar surface area (TPSA) is 110 Å². The third-order valence-corrected chi connectivity index (χ3v) is 5.06. The quantitative estimate of drug-likeness (QED) is 0.608. The van der Waals surface area contributed by atoms with Crippen molar-refractivity contribution in [3.8, 4) is 5.75 Å². The summed E-state index contributed by atoms with van der Waals surface area (Å²) >= 11 is 5.99. The Balaban J connectivity index is 2.46. The van der Waals surface area contributed by atoms with Crippen LogP contribution in [-0.4, -0.2) is 28.1 Å². The van der Waals surface area contributed by atoms with Gasteiger partial charge in [-0.15, -0.1) is 0 Å². The molecule has 170 valence electrons. The van der Waals surface area contributed by atoms with E-state index in [-0.39, 0.29) is 24.0 Å². The molecule has 0 aliphatic carbocycles. The summed E-state index contributed by atoms with van der Waals surface area (Å²) in [5.74, 6) is 0.192. The number of rotatable bonds is 9. The number of nitrogen functional groups attached to an aromatic ring is 1. The number of carbonyl (C=O) groups excluding carboxylic acids is 1. The highest BCUT2D eigenvalue weighted by Crippen LogP contribution is 2.25. The molecule has 0 bridgehead atoms. The van der Waals surface area contributed by atoms with Crippen LogP contribution in [0.2, 0.25) is 5.02 Å². The Morgan fingerprint density at radius 3 is 2.55 bits per heavy atom. The number of hydrogen-bond donors (Lipinski definition) is 2. The minimum Gasteiger partial charge on any atom is -0.481 e. The van der Waals surface area contributed by atoms with Gasteiger partial charge in [0, 0.05) is 18.1 Å². The molecule has 0 aliphatic rings. The van der Waals surface area contributed by atoms with Crippen LogP contribution in [-0.2, 0) is 11.3 Å². The first-order chi connectivity index (χ1) is 14.6. The molecule has 0 saturated heterocycles. The summed E-state index contributed by atoms with van der Waals surface area (Å²) in [4.78, 5) is 41.9. The molecule has 1 atom stereocenters. The molecular weight excluding hydrogens is 420 g/mol. The highest BCUT2D eigenvalue weighted by atomic mass is 35.5. The molecule has 1 aromatic carbocycles. The van der Waals surface area contributed by atoms with Gasteiger partial charge in [0.25, 0.3) is 11.5 Å². The Kier molecular flexibility index (Phi) is 8.33. The summed E-state index contributed by atoms with van der Waals surface area (Å²) in [6, 6.07) is 5.12. The molecule has 1 amide bonds. The fourth-order valence-electron chi connectivity index (χ4n) is 3.24. The number of benzene rings is 1. The summed E-state index contributed by atoms with van der Waals surface area (Å²) in [6.45, 7) is 9.88. The van der Waals surface area contributed by atoms with E-state index in [1.807, 2.05) is 27.7 Å². The van der Waals surface area contributed by atoms with Gasteiger partial charge < -0.3 is 15.4 Å². The van der Waals surface area contributed by atoms with Gasteiger partial charge in [-0.25, -0.2) is 4.79 Å². The van der Waals surface area contributed by atoms with Crippen molar-refractivity contribution in [3.05, 3.63) is 49.6 Å². The van der Waals surface area contributed by atoms with Crippen LogP contribution in [0.5, 0.6) is 5.75 Å². The number of H-pyrrole nitrogens is 1. The monoisotopic (exact) mass is 450 g/mol. The Hall–Kier alpha value is -2.74. The molecular formula is C22H31ClN4O4. The fourth-order valence-corrected chi connectivity index (χ4v) is 3.47. The highest BCUT2D eigenvalue weighted by molar-refractivity contribution is 6.30. The van der Waals surface area contributed by atoms with E-state index in [9.17, 15) is 14.4 Å². The molecule has 0 aliphatic heterocycles. The lowest BCUT2D eigenvalue weighted by atomic mass is 10.2. The average molecular weight is 451 g/mol. The molecule has 1 heterocycles. The minimum absolute atomic E-state index is 0.0259. The van der Waals surface area contributed by atoms with Crippen LogP contribution >= 0.6 is 11.6 Å². The first kappa shape index (κ1) is 24.5. The van der Waals surface area contributed by atoms with Crippen LogP contribution < -0.4 is 26.6 Å². The second-order valence-electron chi connectivity index (χ2n) is 8.01. The number of nitrogens with zero attached hydrogens (tertiary/aromatic N) is 2. The van der Waals surface area contributed by atoms with Crippen molar-refractivity contribution < 1.29 is 9.53 Å². The summed E-state index contributed by atoms with van der Waals surface area (Å²) in [7, 11) is 0. The number of nitrogens with two attached hydrogens (primary N) is 1. The molecule has 1 unspecified atom stereocenters. The first-order valence-electron chi connectivity index (χ1n) is 10.4. The second-order valence-corrected chi connectivity index (χ2v) is 8.45. The Morgan fingerprint density at radius 2 is 1.97 bits per heavy atom. The van der Waals surface area contributed by atoms with Crippen molar-refractivity contribution in [1.82, 2.24) is 9.55 Å². The summed E-state index contributed by atoms with van der Waals surface area (Å²) < 4.78 is 7.17. The van der Waals surface area contributed by atoms with Crippen LogP contribution in [0.25, 0.3) is 0 Å². The maximum Gasteiger partial charge on any atom is 0.330 e. The smallest absolute Gasteiger partial charge is 0.330 e. The van der Waals surface area contributed by atoms with Crippen LogP contribution in [0.1, 0.15) is 46.1 Å². The molecule has 2 aromatic rings. The lowest BCUT2D eigenvalue weighted by Crippen LogP contribution is -2.46. The van der Waals surface area contributed by atoms with E-state index in [2.05, 4.69) is 4.98 Å². The van der Waals surface area contributed by atoms with Gasteiger partial charge in [0.15, 0.2) is 11.8 Å². The number of anilines is 2. The van der Waals surface area contributed by atoms with Crippen molar-refractivity contribution >= 4 is 29.0 Å². The van der Waals surface area contributed by atoms with Crippen molar-refractivity contribution in [1.29, 1.82) is 0 Å². The number of ether oxygens (including phenoxy) is 1. The van der Waals surface area contributed by atoms with E-state index in [1.54, 1.807) is 25.1 Å². The SMILES string of the molecule is CCCCN(C(=O)C(C)Oc1ccc(Cl)cc1C)c1c(N)n(CC(C)C)c(=O)[nH]c1=O. The number of aryl methyl sites for hydroxylation is 1. The predicted molar refractivity (Wildman–Crippen MR) is 124 cm³/mol. The number of aromatic amines is 1. The minimum atomic E-state index is -0.888. The molecule has 0 fully saturated rings. The second kappa shape index (κ2) is 10.5. The van der Waals surface area contributed by atoms with Crippen LogP contribution in [0, 0.1) is 12.8 Å². The van der Waals surface area contributed by atoms with E-state index in [4.69, 9.17) is 22.1 Å². The Bertz CT molecular complexity index is 1040. The molecule has 2 rings (SSSR count). The molecule has 3 N–H and O–H groups in total. The molecule has 0 radical (unpaired) electrons. The van der Waals surface area contributed by atoms with Gasteiger partial charge in [-0.05, 0) is 49.9 Å². The standard InChI is InChI=1S/C22H31ClN4O4/c1-6-7-10-26(18-19(24)27(12-13(2)3)22(30)25-20(18)28)21(29)15(5)31-17-9-8-16(23)11-14(17)4/h8-9,11,13,15H,6-7,10,12,24H2,1-5H3,(H,25,28,30). The molecule has 8 nitrogen and oxygen atoms in total. The van der Waals surface area contributed by atoms with Crippen LogP contribution in [0.3, 0.4) is 0 Å².